The number of carbonyl (C=O) groups is 1. The van der Waals surface area contributed by atoms with Crippen molar-refractivity contribution in [1.82, 2.24) is 9.78 Å². The van der Waals surface area contributed by atoms with E-state index in [1.54, 1.807) is 23.0 Å². The van der Waals surface area contributed by atoms with Gasteiger partial charge in [-0.15, -0.1) is 0 Å². The number of benzene rings is 2. The Morgan fingerprint density at radius 2 is 1.89 bits per heavy atom. The number of rotatable bonds is 5. The van der Waals surface area contributed by atoms with Crippen LogP contribution < -0.4 is 10.1 Å². The number of ether oxygens (including phenoxy) is 1. The molecule has 1 aliphatic heterocycles. The van der Waals surface area contributed by atoms with Crippen molar-refractivity contribution in [2.75, 3.05) is 11.9 Å². The molecule has 0 aliphatic carbocycles. The van der Waals surface area contributed by atoms with Gasteiger partial charge in [0.15, 0.2) is 0 Å². The molecule has 1 amide bonds. The lowest BCUT2D eigenvalue weighted by Gasteiger charge is -2.24. The largest absolute Gasteiger partial charge is 0.493 e. The molecule has 2 heterocycles. The van der Waals surface area contributed by atoms with Crippen LogP contribution in [0.5, 0.6) is 5.75 Å². The fourth-order valence-corrected chi connectivity index (χ4v) is 3.35. The highest BCUT2D eigenvalue weighted by Gasteiger charge is 2.30. The quantitative estimate of drug-likeness (QED) is 0.709. The highest BCUT2D eigenvalue weighted by atomic mass is 19.1. The number of nitrogens with zero attached hydrogens (tertiary/aromatic N) is 2. The van der Waals surface area contributed by atoms with E-state index in [-0.39, 0.29) is 17.6 Å². The molecule has 2 aromatic carbocycles. The van der Waals surface area contributed by atoms with Crippen LogP contribution >= 0.6 is 0 Å². The zero-order valence-corrected chi connectivity index (χ0v) is 15.9. The molecule has 0 saturated carbocycles. The standard InChI is InChI=1S/C22H22FN3O2/c1-14(2)13-28-18-9-3-15(4-10-18)19-11-21(27)25-22-20(19)12-24-26(22)17-7-5-16(23)6-8-17/h3-10,12,14,19H,11,13H2,1-2H3,(H,25,27)/t19-/m0/s1. The molecule has 0 bridgehead atoms. The van der Waals surface area contributed by atoms with Gasteiger partial charge in [0.2, 0.25) is 5.91 Å². The summed E-state index contributed by atoms with van der Waals surface area (Å²) < 4.78 is 20.6. The van der Waals surface area contributed by atoms with Crippen LogP contribution in [0.3, 0.4) is 0 Å². The lowest BCUT2D eigenvalue weighted by Crippen LogP contribution is -2.24. The minimum Gasteiger partial charge on any atom is -0.493 e. The molecule has 1 N–H and O–H groups in total. The smallest absolute Gasteiger partial charge is 0.226 e. The van der Waals surface area contributed by atoms with E-state index >= 15 is 0 Å². The van der Waals surface area contributed by atoms with E-state index < -0.39 is 0 Å². The minimum absolute atomic E-state index is 0.0681. The summed E-state index contributed by atoms with van der Waals surface area (Å²) in [6, 6.07) is 13.9. The van der Waals surface area contributed by atoms with Crippen LogP contribution in [0.15, 0.2) is 54.7 Å². The predicted octanol–water partition coefficient (Wildman–Crippen LogP) is 4.52. The lowest BCUT2D eigenvalue weighted by molar-refractivity contribution is -0.116. The summed E-state index contributed by atoms with van der Waals surface area (Å²) in [6.45, 7) is 4.88. The Morgan fingerprint density at radius 3 is 2.57 bits per heavy atom. The van der Waals surface area contributed by atoms with Crippen LogP contribution in [-0.4, -0.2) is 22.3 Å². The highest BCUT2D eigenvalue weighted by molar-refractivity contribution is 5.94. The topological polar surface area (TPSA) is 56.1 Å². The number of hydrogen-bond donors (Lipinski definition) is 1. The van der Waals surface area contributed by atoms with Crippen molar-refractivity contribution in [1.29, 1.82) is 0 Å². The van der Waals surface area contributed by atoms with Crippen molar-refractivity contribution >= 4 is 11.7 Å². The van der Waals surface area contributed by atoms with Crippen molar-refractivity contribution < 1.29 is 13.9 Å². The average Bonchev–Trinajstić information content (AvgIpc) is 3.10. The lowest BCUT2D eigenvalue weighted by atomic mass is 9.87. The van der Waals surface area contributed by atoms with Crippen LogP contribution in [0.2, 0.25) is 0 Å². The highest BCUT2D eigenvalue weighted by Crippen LogP contribution is 2.38. The van der Waals surface area contributed by atoms with E-state index in [0.717, 1.165) is 16.9 Å². The molecule has 0 spiro atoms. The molecule has 6 heteroatoms. The maximum atomic E-state index is 13.2. The van der Waals surface area contributed by atoms with Crippen molar-refractivity contribution in [2.45, 2.75) is 26.2 Å². The van der Waals surface area contributed by atoms with Gasteiger partial charge in [-0.2, -0.15) is 5.10 Å². The maximum Gasteiger partial charge on any atom is 0.226 e. The number of amides is 1. The van der Waals surface area contributed by atoms with E-state index in [0.29, 0.717) is 30.5 Å². The first kappa shape index (κ1) is 18.2. The fraction of sp³-hybridized carbons (Fsp3) is 0.273. The average molecular weight is 379 g/mol. The summed E-state index contributed by atoms with van der Waals surface area (Å²) >= 11 is 0. The molecule has 0 unspecified atom stereocenters. The van der Waals surface area contributed by atoms with Gasteiger partial charge in [-0.05, 0) is 47.9 Å². The van der Waals surface area contributed by atoms with Gasteiger partial charge in [-0.25, -0.2) is 9.07 Å². The summed E-state index contributed by atoms with van der Waals surface area (Å²) in [5.41, 5.74) is 2.67. The van der Waals surface area contributed by atoms with Gasteiger partial charge in [0.05, 0.1) is 18.5 Å². The maximum absolute atomic E-state index is 13.2. The second-order valence-electron chi connectivity index (χ2n) is 7.42. The molecule has 144 valence electrons. The number of anilines is 1. The summed E-state index contributed by atoms with van der Waals surface area (Å²) in [5, 5.41) is 7.34. The third-order valence-electron chi connectivity index (χ3n) is 4.76. The normalized spacial score (nSPS) is 16.0. The number of nitrogens with one attached hydrogen (secondary N) is 1. The Kier molecular flexibility index (Phi) is 4.86. The van der Waals surface area contributed by atoms with Crippen molar-refractivity contribution in [3.8, 4) is 11.4 Å². The van der Waals surface area contributed by atoms with Crippen LogP contribution in [-0.2, 0) is 4.79 Å². The summed E-state index contributed by atoms with van der Waals surface area (Å²) in [4.78, 5) is 12.4. The predicted molar refractivity (Wildman–Crippen MR) is 105 cm³/mol. The molecule has 0 fully saturated rings. The molecule has 1 atom stereocenters. The van der Waals surface area contributed by atoms with Crippen molar-refractivity contribution in [3.05, 3.63) is 71.7 Å². The molecular formula is C22H22FN3O2. The number of carbonyl (C=O) groups excluding carboxylic acids is 1. The minimum atomic E-state index is -0.313. The molecule has 0 saturated heterocycles. The SMILES string of the molecule is CC(C)COc1ccc([C@@H]2CC(=O)Nc3c2cnn3-c2ccc(F)cc2)cc1. The second kappa shape index (κ2) is 7.46. The zero-order chi connectivity index (χ0) is 19.7. The van der Waals surface area contributed by atoms with E-state index in [9.17, 15) is 9.18 Å². The van der Waals surface area contributed by atoms with Gasteiger partial charge in [-0.3, -0.25) is 4.79 Å². The molecule has 1 aliphatic rings. The van der Waals surface area contributed by atoms with Crippen LogP contribution in [0, 0.1) is 11.7 Å². The van der Waals surface area contributed by atoms with Gasteiger partial charge in [0.25, 0.3) is 0 Å². The fourth-order valence-electron chi connectivity index (χ4n) is 3.35. The molecule has 0 radical (unpaired) electrons. The Balaban J connectivity index is 1.64. The van der Waals surface area contributed by atoms with Crippen LogP contribution in [0.25, 0.3) is 5.69 Å². The van der Waals surface area contributed by atoms with Crippen molar-refractivity contribution in [2.24, 2.45) is 5.92 Å². The Morgan fingerprint density at radius 1 is 1.18 bits per heavy atom. The van der Waals surface area contributed by atoms with E-state index in [1.807, 2.05) is 24.3 Å². The van der Waals surface area contributed by atoms with Gasteiger partial charge in [0, 0.05) is 17.9 Å². The van der Waals surface area contributed by atoms with Gasteiger partial charge < -0.3 is 10.1 Å². The number of halogens is 1. The van der Waals surface area contributed by atoms with Crippen molar-refractivity contribution in [3.63, 3.8) is 0 Å². The first-order valence-corrected chi connectivity index (χ1v) is 9.37. The molecule has 3 aromatic rings. The third-order valence-corrected chi connectivity index (χ3v) is 4.76. The van der Waals surface area contributed by atoms with Gasteiger partial charge in [0.1, 0.15) is 17.4 Å². The number of hydrogen-bond acceptors (Lipinski definition) is 3. The van der Waals surface area contributed by atoms with Crippen LogP contribution in [0.4, 0.5) is 10.2 Å². The van der Waals surface area contributed by atoms with Gasteiger partial charge >= 0.3 is 0 Å². The monoisotopic (exact) mass is 379 g/mol. The molecule has 28 heavy (non-hydrogen) atoms. The van der Waals surface area contributed by atoms with E-state index in [2.05, 4.69) is 24.3 Å². The third kappa shape index (κ3) is 3.63. The second-order valence-corrected chi connectivity index (χ2v) is 7.42. The Hall–Kier alpha value is -3.15. The number of aromatic nitrogens is 2. The molecular weight excluding hydrogens is 357 g/mol. The molecule has 5 nitrogen and oxygen atoms in total. The number of fused-ring (bicyclic) bond motifs is 1. The zero-order valence-electron chi connectivity index (χ0n) is 15.9. The summed E-state index contributed by atoms with van der Waals surface area (Å²) in [7, 11) is 0. The van der Waals surface area contributed by atoms with E-state index in [1.165, 1.54) is 12.1 Å². The van der Waals surface area contributed by atoms with E-state index in [4.69, 9.17) is 4.74 Å². The molecule has 4 rings (SSSR count). The van der Waals surface area contributed by atoms with Gasteiger partial charge in [-0.1, -0.05) is 26.0 Å². The summed E-state index contributed by atoms with van der Waals surface area (Å²) in [5.74, 6) is 1.44. The first-order chi connectivity index (χ1) is 13.5. The summed E-state index contributed by atoms with van der Waals surface area (Å²) in [6.07, 6.45) is 2.13. The Labute approximate surface area is 163 Å². The Bertz CT molecular complexity index is 978. The first-order valence-electron chi connectivity index (χ1n) is 9.37. The molecule has 1 aromatic heterocycles. The van der Waals surface area contributed by atoms with Crippen LogP contribution in [0.1, 0.15) is 37.3 Å².